The predicted octanol–water partition coefficient (Wildman–Crippen LogP) is 0.0354. The van der Waals surface area contributed by atoms with Gasteiger partial charge in [-0.15, -0.1) is 0 Å². The molecule has 0 spiro atoms. The van der Waals surface area contributed by atoms with E-state index in [1.807, 2.05) is 24.3 Å². The van der Waals surface area contributed by atoms with Gasteiger partial charge in [-0.05, 0) is 57.7 Å². The van der Waals surface area contributed by atoms with Gasteiger partial charge in [0.15, 0.2) is 23.0 Å². The standard InChI is InChI=1S/C28H38O12/c1-17(29)26(34)24(16-38-20(4)32)40-25(33,27(35,18(2)30)28(26,36)19(3)31)12-6-5-7-21-8-10-23(11-9-21)39-15-22-13-37-14-22/h8-11,22,24,33-36H,5-7,12-16H2,1-4H3/t24-,25-,26-,27+,28+/m1/s1. The third-order valence-electron chi connectivity index (χ3n) is 7.78. The maximum atomic E-state index is 12.8. The predicted molar refractivity (Wildman–Crippen MR) is 137 cm³/mol. The molecule has 2 aliphatic heterocycles. The molecular formula is C28H38O12. The highest BCUT2D eigenvalue weighted by atomic mass is 16.7. The summed E-state index contributed by atoms with van der Waals surface area (Å²) in [7, 11) is 0. The van der Waals surface area contributed by atoms with Gasteiger partial charge in [0.25, 0.3) is 0 Å². The number of rotatable bonds is 13. The molecule has 1 aromatic rings. The molecule has 2 heterocycles. The Kier molecular flexibility index (Phi) is 9.55. The maximum Gasteiger partial charge on any atom is 0.302 e. The van der Waals surface area contributed by atoms with Crippen LogP contribution in [0.4, 0.5) is 0 Å². The Morgan fingerprint density at radius 2 is 1.45 bits per heavy atom. The van der Waals surface area contributed by atoms with Crippen molar-refractivity contribution >= 4 is 23.3 Å². The summed E-state index contributed by atoms with van der Waals surface area (Å²) in [5.74, 6) is -6.61. The molecule has 2 saturated heterocycles. The van der Waals surface area contributed by atoms with Gasteiger partial charge in [-0.1, -0.05) is 12.1 Å². The monoisotopic (exact) mass is 566 g/mol. The molecule has 0 amide bonds. The molecule has 0 aromatic heterocycles. The Morgan fingerprint density at radius 3 is 1.93 bits per heavy atom. The summed E-state index contributed by atoms with van der Waals surface area (Å²) >= 11 is 0. The summed E-state index contributed by atoms with van der Waals surface area (Å²) in [6, 6.07) is 7.41. The van der Waals surface area contributed by atoms with Crippen molar-refractivity contribution in [3.63, 3.8) is 0 Å². The van der Waals surface area contributed by atoms with Gasteiger partial charge in [0.05, 0.1) is 19.8 Å². The fourth-order valence-electron chi connectivity index (χ4n) is 5.36. The van der Waals surface area contributed by atoms with Crippen molar-refractivity contribution in [3.05, 3.63) is 29.8 Å². The van der Waals surface area contributed by atoms with E-state index < -0.39 is 65.0 Å². The van der Waals surface area contributed by atoms with Gasteiger partial charge in [0.1, 0.15) is 18.5 Å². The summed E-state index contributed by atoms with van der Waals surface area (Å²) in [5, 5.41) is 46.1. The van der Waals surface area contributed by atoms with Gasteiger partial charge in [0, 0.05) is 19.3 Å². The second kappa shape index (κ2) is 12.0. The van der Waals surface area contributed by atoms with Crippen molar-refractivity contribution in [2.45, 2.75) is 82.1 Å². The fourth-order valence-corrected chi connectivity index (χ4v) is 5.36. The third-order valence-corrected chi connectivity index (χ3v) is 7.78. The average molecular weight is 567 g/mol. The molecule has 1 aromatic carbocycles. The molecular weight excluding hydrogens is 528 g/mol. The van der Waals surface area contributed by atoms with Crippen LogP contribution in [0.1, 0.15) is 52.5 Å². The van der Waals surface area contributed by atoms with Gasteiger partial charge in [-0.2, -0.15) is 0 Å². The van der Waals surface area contributed by atoms with Crippen LogP contribution in [0.15, 0.2) is 24.3 Å². The number of hydrogen-bond acceptors (Lipinski definition) is 12. The highest BCUT2D eigenvalue weighted by molar-refractivity contribution is 6.05. The van der Waals surface area contributed by atoms with Crippen molar-refractivity contribution < 1.29 is 58.6 Å². The number of benzene rings is 1. The lowest BCUT2D eigenvalue weighted by Gasteiger charge is -2.60. The van der Waals surface area contributed by atoms with E-state index in [9.17, 15) is 39.6 Å². The average Bonchev–Trinajstić information content (AvgIpc) is 2.86. The highest BCUT2D eigenvalue weighted by Gasteiger charge is 2.82. The highest BCUT2D eigenvalue weighted by Crippen LogP contribution is 2.52. The minimum absolute atomic E-state index is 0.124. The van der Waals surface area contributed by atoms with Crippen LogP contribution in [-0.2, 0) is 39.8 Å². The van der Waals surface area contributed by atoms with Gasteiger partial charge in [-0.3, -0.25) is 19.2 Å². The van der Waals surface area contributed by atoms with Gasteiger partial charge < -0.3 is 39.4 Å². The van der Waals surface area contributed by atoms with Crippen molar-refractivity contribution in [1.29, 1.82) is 0 Å². The molecule has 222 valence electrons. The molecule has 40 heavy (non-hydrogen) atoms. The molecule has 3 rings (SSSR count). The van der Waals surface area contributed by atoms with Crippen molar-refractivity contribution in [2.75, 3.05) is 26.4 Å². The third kappa shape index (κ3) is 5.44. The number of esters is 1. The topological polar surface area (TPSA) is 186 Å². The molecule has 0 saturated carbocycles. The first kappa shape index (κ1) is 31.8. The molecule has 2 fully saturated rings. The van der Waals surface area contributed by atoms with E-state index in [1.165, 1.54) is 0 Å². The Labute approximate surface area is 232 Å². The molecule has 0 aliphatic carbocycles. The van der Waals surface area contributed by atoms with Crippen molar-refractivity contribution in [3.8, 4) is 5.75 Å². The van der Waals surface area contributed by atoms with E-state index in [1.54, 1.807) is 0 Å². The first-order valence-corrected chi connectivity index (χ1v) is 13.2. The zero-order valence-corrected chi connectivity index (χ0v) is 23.2. The number of Topliss-reactive ketones (excluding diaryl/α,β-unsaturated/α-hetero) is 3. The number of aliphatic hydroxyl groups is 4. The van der Waals surface area contributed by atoms with Crippen LogP contribution in [-0.4, -0.2) is 98.9 Å². The van der Waals surface area contributed by atoms with E-state index in [-0.39, 0.29) is 6.42 Å². The van der Waals surface area contributed by atoms with Crippen LogP contribution in [0.2, 0.25) is 0 Å². The molecule has 0 bridgehead atoms. The van der Waals surface area contributed by atoms with Crippen LogP contribution in [0.25, 0.3) is 0 Å². The number of ketones is 3. The van der Waals surface area contributed by atoms with Crippen molar-refractivity contribution in [1.82, 2.24) is 0 Å². The maximum absolute atomic E-state index is 12.8. The molecule has 12 heteroatoms. The largest absolute Gasteiger partial charge is 0.493 e. The van der Waals surface area contributed by atoms with Gasteiger partial charge >= 0.3 is 5.97 Å². The van der Waals surface area contributed by atoms with Gasteiger partial charge in [-0.25, -0.2) is 0 Å². The number of carbonyl (C=O) groups excluding carboxylic acids is 4. The number of aryl methyl sites for hydroxylation is 1. The molecule has 4 N–H and O–H groups in total. The molecule has 2 aliphatic rings. The summed E-state index contributed by atoms with van der Waals surface area (Å²) in [6.45, 7) is 4.47. The first-order valence-electron chi connectivity index (χ1n) is 13.2. The minimum atomic E-state index is -3.53. The van der Waals surface area contributed by atoms with E-state index in [0.29, 0.717) is 44.3 Å². The number of carbonyl (C=O) groups is 4. The zero-order valence-electron chi connectivity index (χ0n) is 23.2. The minimum Gasteiger partial charge on any atom is -0.493 e. The zero-order chi connectivity index (χ0) is 29.9. The summed E-state index contributed by atoms with van der Waals surface area (Å²) in [6.07, 6.45) is -1.40. The van der Waals surface area contributed by atoms with Crippen LogP contribution >= 0.6 is 0 Å². The normalized spacial score (nSPS) is 32.1. The first-order chi connectivity index (χ1) is 18.6. The summed E-state index contributed by atoms with van der Waals surface area (Å²) in [5.41, 5.74) is -9.27. The molecule has 5 atom stereocenters. The van der Waals surface area contributed by atoms with Crippen LogP contribution in [0.3, 0.4) is 0 Å². The lowest BCUT2D eigenvalue weighted by molar-refractivity contribution is -0.409. The lowest BCUT2D eigenvalue weighted by atomic mass is 9.57. The van der Waals surface area contributed by atoms with Crippen molar-refractivity contribution in [2.24, 2.45) is 5.92 Å². The summed E-state index contributed by atoms with van der Waals surface area (Å²) < 4.78 is 21.3. The fraction of sp³-hybridized carbons (Fsp3) is 0.643. The summed E-state index contributed by atoms with van der Waals surface area (Å²) in [4.78, 5) is 49.7. The molecule has 0 radical (unpaired) electrons. The SMILES string of the molecule is CC(=O)OC[C@H]1O[C@](O)(CCCCc2ccc(OCC3COC3)cc2)[C@@](O)(C(C)=O)[C@](O)(C(C)=O)[C@@]1(O)C(C)=O. The lowest BCUT2D eigenvalue weighted by Crippen LogP contribution is -2.89. The number of hydrogen-bond donors (Lipinski definition) is 4. The van der Waals surface area contributed by atoms with E-state index >= 15 is 0 Å². The van der Waals surface area contributed by atoms with E-state index in [2.05, 4.69) is 0 Å². The quantitative estimate of drug-likeness (QED) is 0.186. The Bertz CT molecular complexity index is 1110. The second-order valence-electron chi connectivity index (χ2n) is 10.6. The second-order valence-corrected chi connectivity index (χ2v) is 10.6. The Hall–Kier alpha value is -2.74. The number of unbranched alkanes of at least 4 members (excludes halogenated alkanes) is 1. The Morgan fingerprint density at radius 1 is 0.850 bits per heavy atom. The van der Waals surface area contributed by atoms with E-state index in [4.69, 9.17) is 18.9 Å². The smallest absolute Gasteiger partial charge is 0.302 e. The van der Waals surface area contributed by atoms with Gasteiger partial charge in [0.2, 0.25) is 17.0 Å². The van der Waals surface area contributed by atoms with Crippen LogP contribution < -0.4 is 4.74 Å². The molecule has 0 unspecified atom stereocenters. The van der Waals surface area contributed by atoms with Crippen LogP contribution in [0, 0.1) is 5.92 Å². The number of ether oxygens (including phenoxy) is 4. The van der Waals surface area contributed by atoms with Crippen LogP contribution in [0.5, 0.6) is 5.75 Å². The molecule has 12 nitrogen and oxygen atoms in total. The Balaban J connectivity index is 1.80. The van der Waals surface area contributed by atoms with E-state index in [0.717, 1.165) is 33.3 Å².